The molecule has 1 N–H and O–H groups in total. The van der Waals surface area contributed by atoms with Gasteiger partial charge < -0.3 is 28.4 Å². The fourth-order valence-corrected chi connectivity index (χ4v) is 4.26. The third-order valence-corrected chi connectivity index (χ3v) is 5.75. The average Bonchev–Trinajstić information content (AvgIpc) is 3.22. The molecule has 2 aromatic carbocycles. The molecule has 0 amide bonds. The van der Waals surface area contributed by atoms with Crippen LogP contribution >= 0.6 is 0 Å². The summed E-state index contributed by atoms with van der Waals surface area (Å²) in [5.41, 5.74) is 2.35. The number of fused-ring (bicyclic) bond motifs is 2. The summed E-state index contributed by atoms with van der Waals surface area (Å²) in [4.78, 5) is 9.07. The molecule has 1 atom stereocenters. The zero-order valence-electron chi connectivity index (χ0n) is 16.6. The smallest absolute Gasteiger partial charge is 0.586 e. The van der Waals surface area contributed by atoms with E-state index in [0.717, 1.165) is 11.3 Å². The molecule has 2 heterocycles. The Morgan fingerprint density at radius 3 is 2.37 bits per heavy atom. The summed E-state index contributed by atoms with van der Waals surface area (Å²) in [6.07, 6.45) is -3.71. The Bertz CT molecular complexity index is 1060. The minimum absolute atomic E-state index is 0.108. The van der Waals surface area contributed by atoms with Crippen molar-refractivity contribution >= 4 is 27.9 Å². The highest BCUT2D eigenvalue weighted by Gasteiger charge is 2.43. The maximum Gasteiger partial charge on any atom is 0.586 e. The summed E-state index contributed by atoms with van der Waals surface area (Å²) in [5.74, 6) is 1.00. The number of hydrogen-bond donors (Lipinski definition) is 1. The number of H-pyrrole nitrogens is 1. The van der Waals surface area contributed by atoms with Gasteiger partial charge in [0.2, 0.25) is 0 Å². The quantitative estimate of drug-likeness (QED) is 0.590. The molecule has 1 aliphatic heterocycles. The molecule has 0 saturated carbocycles. The van der Waals surface area contributed by atoms with E-state index in [2.05, 4.69) is 19.4 Å². The standard InChI is InChI=1S/C19H19F2N3O5S/c1-24(2)13-8-15(27-4)14(26-3)5-10(13)9-30(25)18-22-11-6-16-17(7-12(11)23-18)29-19(20,21)28-16/h5-8H,9H2,1-4H3,(H,22,23). The molecular formula is C19H19F2N3O5S. The number of nitrogens with one attached hydrogen (secondary N) is 1. The summed E-state index contributed by atoms with van der Waals surface area (Å²) in [6.45, 7) is 0. The highest BCUT2D eigenvalue weighted by molar-refractivity contribution is 7.90. The molecule has 1 aliphatic rings. The maximum absolute atomic E-state index is 13.2. The number of ether oxygens (including phenoxy) is 4. The van der Waals surface area contributed by atoms with Crippen molar-refractivity contribution in [1.29, 1.82) is 0 Å². The van der Waals surface area contributed by atoms with Gasteiger partial charge in [0.05, 0.1) is 25.3 Å². The van der Waals surface area contributed by atoms with E-state index in [-0.39, 0.29) is 22.4 Å². The predicted molar refractivity (Wildman–Crippen MR) is 106 cm³/mol. The Labute approximate surface area is 173 Å². The Morgan fingerprint density at radius 2 is 1.73 bits per heavy atom. The van der Waals surface area contributed by atoms with Gasteiger partial charge in [-0.1, -0.05) is 0 Å². The molecule has 0 spiro atoms. The van der Waals surface area contributed by atoms with Crippen LogP contribution in [0.25, 0.3) is 11.0 Å². The second kappa shape index (κ2) is 7.40. The van der Waals surface area contributed by atoms with Crippen LogP contribution in [0.3, 0.4) is 0 Å². The summed E-state index contributed by atoms with van der Waals surface area (Å²) in [5, 5.41) is 0.208. The van der Waals surface area contributed by atoms with Crippen LogP contribution in [0.1, 0.15) is 5.56 Å². The molecule has 4 rings (SSSR count). The molecule has 0 fully saturated rings. The van der Waals surface area contributed by atoms with Gasteiger partial charge >= 0.3 is 11.5 Å². The van der Waals surface area contributed by atoms with Crippen LogP contribution in [0, 0.1) is 0 Å². The third-order valence-electron chi connectivity index (χ3n) is 4.55. The van der Waals surface area contributed by atoms with Crippen LogP contribution in [-0.4, -0.2) is 49.1 Å². The van der Waals surface area contributed by atoms with Gasteiger partial charge in [0.25, 0.3) is 0 Å². The van der Waals surface area contributed by atoms with E-state index in [1.54, 1.807) is 13.2 Å². The zero-order chi connectivity index (χ0) is 21.6. The molecule has 0 bridgehead atoms. The van der Waals surface area contributed by atoms with Crippen LogP contribution in [0.4, 0.5) is 14.5 Å². The summed E-state index contributed by atoms with van der Waals surface area (Å²) in [7, 11) is 6.81. The molecule has 8 nitrogen and oxygen atoms in total. The number of aromatic amines is 1. The van der Waals surface area contributed by atoms with Crippen molar-refractivity contribution in [2.45, 2.75) is 17.2 Å². The number of hydrogen-bond acceptors (Lipinski definition) is 7. The van der Waals surface area contributed by atoms with E-state index in [1.165, 1.54) is 19.2 Å². The Morgan fingerprint density at radius 1 is 1.10 bits per heavy atom. The fourth-order valence-electron chi connectivity index (χ4n) is 3.19. The predicted octanol–water partition coefficient (Wildman–Crippen LogP) is 3.28. The van der Waals surface area contributed by atoms with Crippen molar-refractivity contribution in [2.75, 3.05) is 33.2 Å². The van der Waals surface area contributed by atoms with Gasteiger partial charge in [-0.05, 0) is 6.07 Å². The summed E-state index contributed by atoms with van der Waals surface area (Å²) < 4.78 is 59.0. The average molecular weight is 439 g/mol. The van der Waals surface area contributed by atoms with Crippen molar-refractivity contribution in [3.63, 3.8) is 0 Å². The highest BCUT2D eigenvalue weighted by Crippen LogP contribution is 2.43. The molecule has 0 aliphatic carbocycles. The van der Waals surface area contributed by atoms with Gasteiger partial charge in [0, 0.05) is 54.7 Å². The Hall–Kier alpha value is -2.92. The van der Waals surface area contributed by atoms with Crippen molar-refractivity contribution in [1.82, 2.24) is 9.97 Å². The van der Waals surface area contributed by atoms with E-state index in [0.29, 0.717) is 22.5 Å². The number of nitrogens with zero attached hydrogens (tertiary/aromatic N) is 2. The lowest BCUT2D eigenvalue weighted by Crippen LogP contribution is -2.25. The Kier molecular flexibility index (Phi) is 5.02. The minimum atomic E-state index is -3.71. The van der Waals surface area contributed by atoms with Gasteiger partial charge in [0.1, 0.15) is 5.75 Å². The topological polar surface area (TPSA) is 91.9 Å². The van der Waals surface area contributed by atoms with Gasteiger partial charge in [-0.25, -0.2) is 0 Å². The summed E-state index contributed by atoms with van der Waals surface area (Å²) in [6, 6.07) is 6.25. The number of imidazole rings is 1. The van der Waals surface area contributed by atoms with E-state index in [9.17, 15) is 13.3 Å². The largest absolute Gasteiger partial charge is 0.609 e. The normalized spacial score (nSPS) is 15.3. The number of anilines is 1. The molecule has 160 valence electrons. The van der Waals surface area contributed by atoms with Gasteiger partial charge in [-0.15, -0.1) is 8.78 Å². The SMILES string of the molecule is COc1cc(C[S+]([O-])c2nc3cc4c(cc3[nH]2)OC(F)(F)O4)c(N(C)C)cc1OC. The first kappa shape index (κ1) is 20.4. The zero-order valence-corrected chi connectivity index (χ0v) is 17.4. The second-order valence-corrected chi connectivity index (χ2v) is 8.11. The van der Waals surface area contributed by atoms with Crippen molar-refractivity contribution in [3.05, 3.63) is 29.8 Å². The molecular weight excluding hydrogens is 420 g/mol. The molecule has 0 saturated heterocycles. The van der Waals surface area contributed by atoms with Crippen LogP contribution < -0.4 is 23.8 Å². The van der Waals surface area contributed by atoms with Crippen LogP contribution in [-0.2, 0) is 16.9 Å². The first-order valence-electron chi connectivity index (χ1n) is 8.81. The lowest BCUT2D eigenvalue weighted by Gasteiger charge is -2.20. The number of aromatic nitrogens is 2. The number of methoxy groups -OCH3 is 2. The first-order chi connectivity index (χ1) is 14.2. The lowest BCUT2D eigenvalue weighted by molar-refractivity contribution is -0.286. The molecule has 0 radical (unpaired) electrons. The molecule has 1 unspecified atom stereocenters. The van der Waals surface area contributed by atoms with E-state index >= 15 is 0 Å². The number of rotatable bonds is 6. The number of alkyl halides is 2. The van der Waals surface area contributed by atoms with E-state index in [1.807, 2.05) is 25.1 Å². The monoisotopic (exact) mass is 439 g/mol. The third kappa shape index (κ3) is 3.65. The fraction of sp³-hybridized carbons (Fsp3) is 0.316. The minimum Gasteiger partial charge on any atom is -0.609 e. The number of halogens is 2. The molecule has 30 heavy (non-hydrogen) atoms. The summed E-state index contributed by atoms with van der Waals surface area (Å²) >= 11 is -1.54. The van der Waals surface area contributed by atoms with Crippen molar-refractivity contribution in [3.8, 4) is 23.0 Å². The van der Waals surface area contributed by atoms with Gasteiger partial charge in [0.15, 0.2) is 23.0 Å². The van der Waals surface area contributed by atoms with Crippen LogP contribution in [0.15, 0.2) is 29.4 Å². The molecule has 11 heteroatoms. The molecule has 3 aromatic rings. The van der Waals surface area contributed by atoms with Crippen molar-refractivity contribution in [2.24, 2.45) is 0 Å². The molecule has 1 aromatic heterocycles. The number of benzene rings is 2. The first-order valence-corrected chi connectivity index (χ1v) is 10.1. The van der Waals surface area contributed by atoms with Crippen LogP contribution in [0.5, 0.6) is 23.0 Å². The van der Waals surface area contributed by atoms with Crippen molar-refractivity contribution < 1.29 is 32.3 Å². The van der Waals surface area contributed by atoms with Gasteiger partial charge in [-0.2, -0.15) is 4.98 Å². The van der Waals surface area contributed by atoms with E-state index < -0.39 is 17.5 Å². The van der Waals surface area contributed by atoms with E-state index in [4.69, 9.17) is 9.47 Å². The van der Waals surface area contributed by atoms with Crippen LogP contribution in [0.2, 0.25) is 0 Å². The highest BCUT2D eigenvalue weighted by atomic mass is 32.2. The maximum atomic E-state index is 13.2. The second-order valence-electron chi connectivity index (χ2n) is 6.75. The van der Waals surface area contributed by atoms with Gasteiger partial charge in [-0.3, -0.25) is 4.98 Å². The Balaban J connectivity index is 1.64. The lowest BCUT2D eigenvalue weighted by atomic mass is 10.1.